The third kappa shape index (κ3) is 2.89. The van der Waals surface area contributed by atoms with Gasteiger partial charge in [-0.3, -0.25) is 0 Å². The number of hydrogen-bond donors (Lipinski definition) is 1. The van der Waals surface area contributed by atoms with Gasteiger partial charge in [-0.2, -0.15) is 13.2 Å². The van der Waals surface area contributed by atoms with E-state index in [9.17, 15) is 18.3 Å². The van der Waals surface area contributed by atoms with Gasteiger partial charge in [-0.1, -0.05) is 18.2 Å². The minimum Gasteiger partial charge on any atom is -0.492 e. The number of aliphatic hydroxyl groups excluding tert-OH is 1. The number of nitrogens with zero attached hydrogens (tertiary/aromatic N) is 4. The van der Waals surface area contributed by atoms with Crippen LogP contribution >= 0.6 is 0 Å². The smallest absolute Gasteiger partial charge is 0.416 e. The second-order valence-electron chi connectivity index (χ2n) is 7.26. The van der Waals surface area contributed by atoms with E-state index < -0.39 is 11.7 Å². The van der Waals surface area contributed by atoms with Gasteiger partial charge in [0.2, 0.25) is 5.88 Å². The molecule has 0 saturated carbocycles. The first-order valence-corrected chi connectivity index (χ1v) is 9.34. The van der Waals surface area contributed by atoms with E-state index in [0.29, 0.717) is 11.4 Å². The molecule has 1 fully saturated rings. The van der Waals surface area contributed by atoms with Gasteiger partial charge in [0.15, 0.2) is 0 Å². The number of alkyl halides is 3. The van der Waals surface area contributed by atoms with Gasteiger partial charge in [-0.05, 0) is 49.2 Å². The van der Waals surface area contributed by atoms with Gasteiger partial charge in [0.25, 0.3) is 0 Å². The molecule has 3 heterocycles. The van der Waals surface area contributed by atoms with E-state index >= 15 is 0 Å². The molecule has 0 aliphatic carbocycles. The number of hydrogen-bond acceptors (Lipinski definition) is 4. The van der Waals surface area contributed by atoms with Crippen molar-refractivity contribution in [3.05, 3.63) is 76.8 Å². The van der Waals surface area contributed by atoms with Crippen molar-refractivity contribution in [2.24, 2.45) is 0 Å². The van der Waals surface area contributed by atoms with Crippen LogP contribution in [0.3, 0.4) is 0 Å². The average molecular weight is 417 g/mol. The number of fused-ring (bicyclic) bond motifs is 3. The summed E-state index contributed by atoms with van der Waals surface area (Å²) in [6.07, 6.45) is -3.29. The van der Waals surface area contributed by atoms with Gasteiger partial charge in [-0.25, -0.2) is 10.0 Å². The zero-order chi connectivity index (χ0) is 20.3. The summed E-state index contributed by atoms with van der Waals surface area (Å²) in [7, 11) is 0. The van der Waals surface area contributed by atoms with Crippen LogP contribution in [-0.4, -0.2) is 28.6 Å². The molecule has 1 radical (unpaired) electrons. The van der Waals surface area contributed by atoms with E-state index in [4.69, 9.17) is 0 Å². The monoisotopic (exact) mass is 417 g/mol. The predicted octanol–water partition coefficient (Wildman–Crippen LogP) is 3.82. The molecule has 3 aliphatic heterocycles. The van der Waals surface area contributed by atoms with Gasteiger partial charge in [0.1, 0.15) is 5.70 Å². The van der Waals surface area contributed by atoms with E-state index in [2.05, 4.69) is 10.4 Å². The summed E-state index contributed by atoms with van der Waals surface area (Å²) >= 11 is 0. The Balaban J connectivity index is 0.00000218. The molecule has 30 heavy (non-hydrogen) atoms. The normalized spacial score (nSPS) is 18.2. The minimum absolute atomic E-state index is 0. The topological polar surface area (TPSA) is 75.5 Å². The van der Waals surface area contributed by atoms with Crippen LogP contribution in [0.25, 0.3) is 5.70 Å². The lowest BCUT2D eigenvalue weighted by Gasteiger charge is -2.40. The van der Waals surface area contributed by atoms with Crippen LogP contribution in [0, 0.1) is 0 Å². The predicted molar refractivity (Wildman–Crippen MR) is 107 cm³/mol. The number of benzene rings is 2. The third-order valence-electron chi connectivity index (χ3n) is 5.51. The van der Waals surface area contributed by atoms with Crippen LogP contribution in [0.1, 0.15) is 24.5 Å². The Morgan fingerprint density at radius 1 is 0.933 bits per heavy atom. The van der Waals surface area contributed by atoms with Crippen molar-refractivity contribution in [2.75, 3.05) is 23.1 Å². The highest BCUT2D eigenvalue weighted by atomic mass is 19.4. The van der Waals surface area contributed by atoms with E-state index in [-0.39, 0.29) is 11.4 Å². The molecule has 3 aliphatic rings. The molecule has 0 aromatic heterocycles. The molecule has 2 aromatic rings. The fourth-order valence-corrected chi connectivity index (χ4v) is 3.95. The second-order valence-corrected chi connectivity index (χ2v) is 7.26. The summed E-state index contributed by atoms with van der Waals surface area (Å²) in [5.74, 6) is -0.102. The Morgan fingerprint density at radius 2 is 1.60 bits per heavy atom. The lowest BCUT2D eigenvalue weighted by Crippen LogP contribution is -2.41. The Hall–Kier alpha value is -3.17. The fourth-order valence-electron chi connectivity index (χ4n) is 3.95. The van der Waals surface area contributed by atoms with E-state index in [0.717, 1.165) is 54.2 Å². The molecule has 5 rings (SSSR count). The molecule has 0 spiro atoms. The van der Waals surface area contributed by atoms with E-state index in [1.807, 2.05) is 31.2 Å². The van der Waals surface area contributed by atoms with Crippen molar-refractivity contribution in [1.29, 1.82) is 0 Å². The lowest BCUT2D eigenvalue weighted by molar-refractivity contribution is -0.137. The molecule has 157 valence electrons. The number of para-hydroxylation sites is 1. The second kappa shape index (κ2) is 6.96. The van der Waals surface area contributed by atoms with Crippen molar-refractivity contribution < 1.29 is 23.8 Å². The molecule has 1 saturated heterocycles. The average Bonchev–Trinajstić information content (AvgIpc) is 3.01. The summed E-state index contributed by atoms with van der Waals surface area (Å²) in [5, 5.41) is 13.9. The Bertz CT molecular complexity index is 1040. The van der Waals surface area contributed by atoms with Crippen molar-refractivity contribution in [3.8, 4) is 0 Å². The van der Waals surface area contributed by atoms with Gasteiger partial charge in [0.05, 0.1) is 22.6 Å². The molecule has 2 aromatic carbocycles. The summed E-state index contributed by atoms with van der Waals surface area (Å²) in [5.41, 5.74) is 8.46. The molecule has 0 amide bonds. The minimum atomic E-state index is -4.41. The molecule has 6 nitrogen and oxygen atoms in total. The summed E-state index contributed by atoms with van der Waals surface area (Å²) < 4.78 is 38.6. The van der Waals surface area contributed by atoms with Gasteiger partial charge < -0.3 is 15.5 Å². The van der Waals surface area contributed by atoms with Crippen molar-refractivity contribution >= 4 is 17.1 Å². The van der Waals surface area contributed by atoms with E-state index in [1.165, 1.54) is 17.1 Å². The molecular weight excluding hydrogens is 397 g/mol. The third-order valence-corrected chi connectivity index (χ3v) is 5.51. The molecular formula is C21H20F3N4O2. The number of halogens is 3. The molecule has 9 heteroatoms. The van der Waals surface area contributed by atoms with Crippen LogP contribution < -0.4 is 15.6 Å². The van der Waals surface area contributed by atoms with Gasteiger partial charge >= 0.3 is 6.18 Å². The van der Waals surface area contributed by atoms with Crippen LogP contribution in [0.4, 0.5) is 24.5 Å². The van der Waals surface area contributed by atoms with Crippen molar-refractivity contribution in [1.82, 2.24) is 10.4 Å². The van der Waals surface area contributed by atoms with Crippen LogP contribution in [0.15, 0.2) is 65.7 Å². The Labute approximate surface area is 171 Å². The zero-order valence-electron chi connectivity index (χ0n) is 16.1. The first-order valence-electron chi connectivity index (χ1n) is 9.34. The van der Waals surface area contributed by atoms with Crippen molar-refractivity contribution in [3.63, 3.8) is 0 Å². The summed E-state index contributed by atoms with van der Waals surface area (Å²) in [4.78, 5) is 2.27. The maximum atomic E-state index is 12.9. The highest BCUT2D eigenvalue weighted by Gasteiger charge is 2.41. The van der Waals surface area contributed by atoms with Crippen molar-refractivity contribution in [2.45, 2.75) is 19.5 Å². The molecule has 0 bridgehead atoms. The molecule has 0 unspecified atom stereocenters. The maximum Gasteiger partial charge on any atom is 0.416 e. The summed E-state index contributed by atoms with van der Waals surface area (Å²) in [6, 6.07) is 12.4. The van der Waals surface area contributed by atoms with Gasteiger partial charge in [-0.15, -0.1) is 0 Å². The first-order chi connectivity index (χ1) is 13.9. The number of aliphatic hydroxyl groups is 1. The standard InChI is InChI=1S/C21H18F3N4O.H2O/c1-13-18(26-11-4-12-26)16-5-2-3-6-17(16)28-19(13)20(29)27(25-28)15-9-7-14(8-10-15)21(22,23)24;/h2-3,5-10,29H,4,11-12H2,1H3;1H2. The highest BCUT2D eigenvalue weighted by Crippen LogP contribution is 2.46. The van der Waals surface area contributed by atoms with Crippen LogP contribution in [0.5, 0.6) is 0 Å². The SMILES string of the molecule is CC1=C(N2CCC2)c2ccccc2N2[N]N(c3ccc(C(F)(F)F)cc3)C(O)=C12.O. The number of rotatable bonds is 2. The zero-order valence-corrected chi connectivity index (χ0v) is 16.1. The molecule has 3 N–H and O–H groups in total. The van der Waals surface area contributed by atoms with E-state index in [1.54, 1.807) is 5.01 Å². The fraction of sp³-hybridized carbons (Fsp3) is 0.238. The number of likely N-dealkylation sites (tertiary alicyclic amines) is 1. The quantitative estimate of drug-likeness (QED) is 0.806. The van der Waals surface area contributed by atoms with Crippen LogP contribution in [-0.2, 0) is 6.18 Å². The number of allylic oxidation sites excluding steroid dienone is 1. The van der Waals surface area contributed by atoms with Crippen LogP contribution in [0.2, 0.25) is 0 Å². The lowest BCUT2D eigenvalue weighted by atomic mass is 9.95. The first kappa shape index (κ1) is 20.1. The maximum absolute atomic E-state index is 12.9. The molecule has 0 atom stereocenters. The highest BCUT2D eigenvalue weighted by molar-refractivity contribution is 5.87. The Kier molecular flexibility index (Phi) is 4.67. The summed E-state index contributed by atoms with van der Waals surface area (Å²) in [6.45, 7) is 3.84. The number of anilines is 2. The Morgan fingerprint density at radius 3 is 2.20 bits per heavy atom. The van der Waals surface area contributed by atoms with Gasteiger partial charge in [0, 0.05) is 24.2 Å². The largest absolute Gasteiger partial charge is 0.492 e.